The molecule has 3 rings (SSSR count). The quantitative estimate of drug-likeness (QED) is 0.747. The SMILES string of the molecule is CC(NCc1cccc(Br)n1)c1nnc2ccccn12. The van der Waals surface area contributed by atoms with Gasteiger partial charge in [0.1, 0.15) is 4.60 Å². The van der Waals surface area contributed by atoms with Gasteiger partial charge in [-0.2, -0.15) is 0 Å². The minimum atomic E-state index is 0.0909. The first-order valence-corrected chi connectivity index (χ1v) is 7.18. The van der Waals surface area contributed by atoms with Gasteiger partial charge in [0.2, 0.25) is 0 Å². The fourth-order valence-corrected chi connectivity index (χ4v) is 2.43. The minimum absolute atomic E-state index is 0.0909. The van der Waals surface area contributed by atoms with Crippen LogP contribution >= 0.6 is 15.9 Å². The molecule has 5 nitrogen and oxygen atoms in total. The van der Waals surface area contributed by atoms with Gasteiger partial charge < -0.3 is 5.32 Å². The summed E-state index contributed by atoms with van der Waals surface area (Å²) >= 11 is 3.38. The third kappa shape index (κ3) is 2.71. The van der Waals surface area contributed by atoms with Gasteiger partial charge in [-0.3, -0.25) is 4.40 Å². The van der Waals surface area contributed by atoms with Crippen molar-refractivity contribution in [2.75, 3.05) is 0 Å². The number of rotatable bonds is 4. The summed E-state index contributed by atoms with van der Waals surface area (Å²) in [4.78, 5) is 4.40. The van der Waals surface area contributed by atoms with E-state index in [-0.39, 0.29) is 6.04 Å². The summed E-state index contributed by atoms with van der Waals surface area (Å²) in [6.45, 7) is 2.75. The number of fused-ring (bicyclic) bond motifs is 1. The number of aromatic nitrogens is 4. The van der Waals surface area contributed by atoms with Crippen LogP contribution in [0.5, 0.6) is 0 Å². The zero-order valence-electron chi connectivity index (χ0n) is 11.0. The Hall–Kier alpha value is -1.79. The lowest BCUT2D eigenvalue weighted by atomic mass is 10.3. The van der Waals surface area contributed by atoms with E-state index in [1.54, 1.807) is 0 Å². The molecule has 0 aliphatic heterocycles. The molecule has 20 heavy (non-hydrogen) atoms. The molecular weight excluding hydrogens is 318 g/mol. The molecule has 0 fully saturated rings. The normalized spacial score (nSPS) is 12.7. The molecule has 0 saturated heterocycles. The second-order valence-corrected chi connectivity index (χ2v) is 5.35. The van der Waals surface area contributed by atoms with Crippen LogP contribution < -0.4 is 5.32 Å². The molecule has 3 aromatic heterocycles. The van der Waals surface area contributed by atoms with Gasteiger partial charge in [-0.25, -0.2) is 4.98 Å². The van der Waals surface area contributed by atoms with E-state index in [9.17, 15) is 0 Å². The first-order valence-electron chi connectivity index (χ1n) is 6.38. The van der Waals surface area contributed by atoms with Crippen LogP contribution in [-0.2, 0) is 6.54 Å². The number of hydrogen-bond donors (Lipinski definition) is 1. The van der Waals surface area contributed by atoms with Gasteiger partial charge >= 0.3 is 0 Å². The molecule has 0 radical (unpaired) electrons. The maximum Gasteiger partial charge on any atom is 0.160 e. The third-order valence-corrected chi connectivity index (χ3v) is 3.53. The number of nitrogens with zero attached hydrogens (tertiary/aromatic N) is 4. The summed E-state index contributed by atoms with van der Waals surface area (Å²) in [7, 11) is 0. The Balaban J connectivity index is 1.75. The van der Waals surface area contributed by atoms with Gasteiger partial charge in [-0.05, 0) is 47.1 Å². The van der Waals surface area contributed by atoms with E-state index in [1.165, 1.54) is 0 Å². The second-order valence-electron chi connectivity index (χ2n) is 4.54. The number of hydrogen-bond acceptors (Lipinski definition) is 4. The van der Waals surface area contributed by atoms with Crippen LogP contribution in [0.15, 0.2) is 47.2 Å². The van der Waals surface area contributed by atoms with Crippen molar-refractivity contribution in [3.63, 3.8) is 0 Å². The first kappa shape index (κ1) is 13.2. The van der Waals surface area contributed by atoms with Crippen LogP contribution in [0, 0.1) is 0 Å². The Morgan fingerprint density at radius 2 is 2.10 bits per heavy atom. The van der Waals surface area contributed by atoms with E-state index < -0.39 is 0 Å². The molecule has 0 bridgehead atoms. The van der Waals surface area contributed by atoms with E-state index in [2.05, 4.69) is 43.4 Å². The Labute approximate surface area is 125 Å². The topological polar surface area (TPSA) is 55.1 Å². The van der Waals surface area contributed by atoms with Crippen LogP contribution in [0.25, 0.3) is 5.65 Å². The smallest absolute Gasteiger partial charge is 0.160 e. The molecule has 0 aromatic carbocycles. The summed E-state index contributed by atoms with van der Waals surface area (Å²) in [5.41, 5.74) is 1.84. The third-order valence-electron chi connectivity index (χ3n) is 3.09. The van der Waals surface area contributed by atoms with E-state index in [1.807, 2.05) is 47.0 Å². The van der Waals surface area contributed by atoms with Crippen molar-refractivity contribution in [3.8, 4) is 0 Å². The number of nitrogens with one attached hydrogen (secondary N) is 1. The van der Waals surface area contributed by atoms with Crippen LogP contribution in [0.1, 0.15) is 24.5 Å². The summed E-state index contributed by atoms with van der Waals surface area (Å²) in [6.07, 6.45) is 1.97. The standard InChI is InChI=1S/C14H14BrN5/c1-10(16-9-11-5-4-6-12(15)17-11)14-19-18-13-7-2-3-8-20(13)14/h2-8,10,16H,9H2,1H3. The Morgan fingerprint density at radius 3 is 2.95 bits per heavy atom. The van der Waals surface area contributed by atoms with Crippen LogP contribution in [-0.4, -0.2) is 19.6 Å². The summed E-state index contributed by atoms with van der Waals surface area (Å²) in [6, 6.07) is 11.9. The van der Waals surface area contributed by atoms with Crippen molar-refractivity contribution in [1.29, 1.82) is 0 Å². The number of halogens is 1. The van der Waals surface area contributed by atoms with Gasteiger partial charge in [0, 0.05) is 12.7 Å². The predicted octanol–water partition coefficient (Wildman–Crippen LogP) is 2.74. The highest BCUT2D eigenvalue weighted by atomic mass is 79.9. The van der Waals surface area contributed by atoms with Crippen molar-refractivity contribution in [2.45, 2.75) is 19.5 Å². The molecule has 0 spiro atoms. The van der Waals surface area contributed by atoms with Crippen molar-refractivity contribution in [2.24, 2.45) is 0 Å². The maximum absolute atomic E-state index is 4.40. The van der Waals surface area contributed by atoms with Crippen molar-refractivity contribution >= 4 is 21.6 Å². The first-order chi connectivity index (χ1) is 9.74. The molecule has 1 atom stereocenters. The Bertz CT molecular complexity index is 724. The lowest BCUT2D eigenvalue weighted by Gasteiger charge is -2.12. The van der Waals surface area contributed by atoms with Crippen molar-refractivity contribution in [3.05, 3.63) is 58.7 Å². The van der Waals surface area contributed by atoms with E-state index in [4.69, 9.17) is 0 Å². The summed E-state index contributed by atoms with van der Waals surface area (Å²) in [5, 5.41) is 11.8. The second kappa shape index (κ2) is 5.68. The molecule has 0 aliphatic rings. The average Bonchev–Trinajstić information content (AvgIpc) is 2.89. The molecule has 3 heterocycles. The van der Waals surface area contributed by atoms with Crippen LogP contribution in [0.2, 0.25) is 0 Å². The predicted molar refractivity (Wildman–Crippen MR) is 80.2 cm³/mol. The van der Waals surface area contributed by atoms with Crippen molar-refractivity contribution in [1.82, 2.24) is 24.9 Å². The fourth-order valence-electron chi connectivity index (χ4n) is 2.05. The highest BCUT2D eigenvalue weighted by molar-refractivity contribution is 9.10. The van der Waals surface area contributed by atoms with Gasteiger partial charge in [0.05, 0.1) is 11.7 Å². The zero-order chi connectivity index (χ0) is 13.9. The fraction of sp³-hybridized carbons (Fsp3) is 0.214. The Kier molecular flexibility index (Phi) is 3.75. The molecule has 6 heteroatoms. The molecular formula is C14H14BrN5. The molecule has 0 amide bonds. The molecule has 102 valence electrons. The Morgan fingerprint density at radius 1 is 1.20 bits per heavy atom. The lowest BCUT2D eigenvalue weighted by Crippen LogP contribution is -2.20. The van der Waals surface area contributed by atoms with Gasteiger partial charge in [-0.1, -0.05) is 12.1 Å². The van der Waals surface area contributed by atoms with Gasteiger partial charge in [0.25, 0.3) is 0 Å². The zero-order valence-corrected chi connectivity index (χ0v) is 12.6. The lowest BCUT2D eigenvalue weighted by molar-refractivity contribution is 0.536. The minimum Gasteiger partial charge on any atom is -0.302 e. The monoisotopic (exact) mass is 331 g/mol. The van der Waals surface area contributed by atoms with E-state index in [0.29, 0.717) is 6.54 Å². The summed E-state index contributed by atoms with van der Waals surface area (Å²) < 4.78 is 2.84. The average molecular weight is 332 g/mol. The highest BCUT2D eigenvalue weighted by Crippen LogP contribution is 2.13. The van der Waals surface area contributed by atoms with Crippen LogP contribution in [0.4, 0.5) is 0 Å². The van der Waals surface area contributed by atoms with Crippen LogP contribution in [0.3, 0.4) is 0 Å². The largest absolute Gasteiger partial charge is 0.302 e. The number of pyridine rings is 2. The molecule has 0 saturated carbocycles. The molecule has 1 unspecified atom stereocenters. The maximum atomic E-state index is 4.40. The highest BCUT2D eigenvalue weighted by Gasteiger charge is 2.12. The van der Waals surface area contributed by atoms with Gasteiger partial charge in [0.15, 0.2) is 11.5 Å². The molecule has 1 N–H and O–H groups in total. The molecule has 3 aromatic rings. The van der Waals surface area contributed by atoms with E-state index in [0.717, 1.165) is 21.8 Å². The summed E-state index contributed by atoms with van der Waals surface area (Å²) in [5.74, 6) is 0.899. The van der Waals surface area contributed by atoms with Gasteiger partial charge in [-0.15, -0.1) is 10.2 Å². The van der Waals surface area contributed by atoms with E-state index >= 15 is 0 Å². The van der Waals surface area contributed by atoms with Crippen molar-refractivity contribution < 1.29 is 0 Å². The molecule has 0 aliphatic carbocycles.